The van der Waals surface area contributed by atoms with E-state index in [1.54, 1.807) is 6.26 Å². The van der Waals surface area contributed by atoms with Crippen LogP contribution in [0.2, 0.25) is 0 Å². The van der Waals surface area contributed by atoms with Crippen LogP contribution in [0.1, 0.15) is 31.1 Å². The van der Waals surface area contributed by atoms with Gasteiger partial charge in [0, 0.05) is 38.5 Å². The highest BCUT2D eigenvalue weighted by molar-refractivity contribution is 5.80. The molecule has 1 saturated heterocycles. The van der Waals surface area contributed by atoms with Crippen molar-refractivity contribution in [1.29, 1.82) is 0 Å². The van der Waals surface area contributed by atoms with Crippen LogP contribution >= 0.6 is 0 Å². The lowest BCUT2D eigenvalue weighted by Gasteiger charge is -2.19. The second-order valence-corrected chi connectivity index (χ2v) is 6.73. The lowest BCUT2D eigenvalue weighted by atomic mass is 10.2. The summed E-state index contributed by atoms with van der Waals surface area (Å²) in [7, 11) is 0. The second kappa shape index (κ2) is 9.80. The summed E-state index contributed by atoms with van der Waals surface area (Å²) in [6.07, 6.45) is 3.99. The molecule has 1 amide bonds. The average molecular weight is 368 g/mol. The minimum atomic E-state index is 0.216. The highest BCUT2D eigenvalue weighted by Crippen LogP contribution is 2.10. The van der Waals surface area contributed by atoms with Crippen molar-refractivity contribution in [1.82, 2.24) is 15.5 Å². The van der Waals surface area contributed by atoms with Gasteiger partial charge in [0.15, 0.2) is 5.96 Å². The van der Waals surface area contributed by atoms with Crippen molar-refractivity contribution in [3.8, 4) is 0 Å². The molecular formula is C21H28N4O2. The van der Waals surface area contributed by atoms with Gasteiger partial charge in [-0.25, -0.2) is 4.99 Å². The van der Waals surface area contributed by atoms with E-state index in [4.69, 9.17) is 9.41 Å². The van der Waals surface area contributed by atoms with Crippen LogP contribution in [-0.4, -0.2) is 42.4 Å². The molecule has 1 aromatic heterocycles. The molecule has 2 N–H and O–H groups in total. The Labute approximate surface area is 160 Å². The number of guanidine groups is 1. The van der Waals surface area contributed by atoms with Crippen molar-refractivity contribution < 1.29 is 9.21 Å². The number of benzene rings is 1. The number of carbonyl (C=O) groups is 1. The minimum absolute atomic E-state index is 0.216. The van der Waals surface area contributed by atoms with Crippen LogP contribution in [0.3, 0.4) is 0 Å². The summed E-state index contributed by atoms with van der Waals surface area (Å²) in [6.45, 7) is 4.80. The fraction of sp³-hybridized carbons (Fsp3) is 0.429. The molecule has 0 spiro atoms. The van der Waals surface area contributed by atoms with Crippen LogP contribution in [0.25, 0.3) is 0 Å². The first-order chi connectivity index (χ1) is 13.2. The number of amides is 1. The van der Waals surface area contributed by atoms with E-state index in [9.17, 15) is 4.79 Å². The van der Waals surface area contributed by atoms with E-state index in [2.05, 4.69) is 22.8 Å². The van der Waals surface area contributed by atoms with E-state index in [-0.39, 0.29) is 11.9 Å². The predicted octanol–water partition coefficient (Wildman–Crippen LogP) is 2.57. The summed E-state index contributed by atoms with van der Waals surface area (Å²) in [6, 6.07) is 14.3. The highest BCUT2D eigenvalue weighted by Gasteiger charge is 2.25. The van der Waals surface area contributed by atoms with Crippen molar-refractivity contribution >= 4 is 11.9 Å². The van der Waals surface area contributed by atoms with Gasteiger partial charge in [-0.2, -0.15) is 0 Å². The predicted molar refractivity (Wildman–Crippen MR) is 106 cm³/mol. The molecule has 1 aliphatic heterocycles. The Morgan fingerprint density at radius 3 is 2.85 bits per heavy atom. The molecule has 2 heterocycles. The van der Waals surface area contributed by atoms with Gasteiger partial charge >= 0.3 is 0 Å². The monoisotopic (exact) mass is 368 g/mol. The minimum Gasteiger partial charge on any atom is -0.469 e. The van der Waals surface area contributed by atoms with Crippen LogP contribution in [0, 0.1) is 0 Å². The molecule has 1 fully saturated rings. The number of hydrogen-bond donors (Lipinski definition) is 2. The van der Waals surface area contributed by atoms with Gasteiger partial charge in [-0.15, -0.1) is 0 Å². The molecule has 0 bridgehead atoms. The Bertz CT molecular complexity index is 728. The number of rotatable bonds is 7. The van der Waals surface area contributed by atoms with E-state index in [1.165, 1.54) is 5.56 Å². The molecule has 144 valence electrons. The van der Waals surface area contributed by atoms with Gasteiger partial charge in [-0.3, -0.25) is 4.79 Å². The Morgan fingerprint density at radius 2 is 2.11 bits per heavy atom. The molecule has 1 aliphatic rings. The highest BCUT2D eigenvalue weighted by atomic mass is 16.3. The Balaban J connectivity index is 1.57. The number of nitrogens with zero attached hydrogens (tertiary/aromatic N) is 2. The lowest BCUT2D eigenvalue weighted by Crippen LogP contribution is -2.45. The fourth-order valence-corrected chi connectivity index (χ4v) is 3.19. The Kier molecular flexibility index (Phi) is 6.90. The smallest absolute Gasteiger partial charge is 0.222 e. The van der Waals surface area contributed by atoms with Gasteiger partial charge in [0.1, 0.15) is 5.76 Å². The zero-order valence-electron chi connectivity index (χ0n) is 15.9. The summed E-state index contributed by atoms with van der Waals surface area (Å²) in [5.74, 6) is 1.94. The van der Waals surface area contributed by atoms with Crippen LogP contribution in [0.5, 0.6) is 0 Å². The number of furan rings is 1. The molecule has 2 aromatic rings. The van der Waals surface area contributed by atoms with Crippen molar-refractivity contribution in [3.05, 3.63) is 60.1 Å². The molecule has 27 heavy (non-hydrogen) atoms. The molecule has 3 rings (SSSR count). The van der Waals surface area contributed by atoms with Crippen molar-refractivity contribution in [2.24, 2.45) is 4.99 Å². The third kappa shape index (κ3) is 5.88. The van der Waals surface area contributed by atoms with Crippen LogP contribution in [-0.2, 0) is 17.8 Å². The van der Waals surface area contributed by atoms with Gasteiger partial charge in [-0.1, -0.05) is 37.3 Å². The zero-order valence-corrected chi connectivity index (χ0v) is 15.9. The maximum absolute atomic E-state index is 11.9. The lowest BCUT2D eigenvalue weighted by molar-refractivity contribution is -0.129. The maximum atomic E-state index is 11.9. The number of carbonyl (C=O) groups excluding carboxylic acids is 1. The number of nitrogens with one attached hydrogen (secondary N) is 2. The van der Waals surface area contributed by atoms with Gasteiger partial charge in [0.2, 0.25) is 5.91 Å². The summed E-state index contributed by atoms with van der Waals surface area (Å²) in [4.78, 5) is 18.6. The molecule has 1 unspecified atom stereocenters. The first-order valence-corrected chi connectivity index (χ1v) is 9.63. The van der Waals surface area contributed by atoms with Gasteiger partial charge in [-0.05, 0) is 24.1 Å². The number of aliphatic imine (C=N–C) groups is 1. The van der Waals surface area contributed by atoms with Crippen molar-refractivity contribution in [2.75, 3.05) is 19.6 Å². The standard InChI is InChI=1S/C21H28N4O2/c1-2-20(26)25-13-11-18(16-25)24-21(22-12-10-19-9-6-14-27-19)23-15-17-7-4-3-5-8-17/h3-9,14,18H,2,10-13,15-16H2,1H3,(H2,22,23,24). The quantitative estimate of drug-likeness (QED) is 0.582. The summed E-state index contributed by atoms with van der Waals surface area (Å²) in [5.41, 5.74) is 1.17. The molecule has 6 nitrogen and oxygen atoms in total. The van der Waals surface area contributed by atoms with Gasteiger partial charge in [0.25, 0.3) is 0 Å². The van der Waals surface area contributed by atoms with Crippen LogP contribution < -0.4 is 10.6 Å². The molecule has 1 atom stereocenters. The number of likely N-dealkylation sites (tertiary alicyclic amines) is 1. The third-order valence-electron chi connectivity index (χ3n) is 4.69. The van der Waals surface area contributed by atoms with E-state index in [0.29, 0.717) is 13.0 Å². The fourth-order valence-electron chi connectivity index (χ4n) is 3.19. The van der Waals surface area contributed by atoms with E-state index < -0.39 is 0 Å². The van der Waals surface area contributed by atoms with Gasteiger partial charge in [0.05, 0.1) is 12.8 Å². The maximum Gasteiger partial charge on any atom is 0.222 e. The molecule has 0 saturated carbocycles. The topological polar surface area (TPSA) is 69.9 Å². The van der Waals surface area contributed by atoms with Crippen LogP contribution in [0.4, 0.5) is 0 Å². The van der Waals surface area contributed by atoms with E-state index >= 15 is 0 Å². The first-order valence-electron chi connectivity index (χ1n) is 9.63. The summed E-state index contributed by atoms with van der Waals surface area (Å²) < 4.78 is 5.39. The first kappa shape index (κ1) is 19.0. The molecule has 1 aromatic carbocycles. The average Bonchev–Trinajstić information content (AvgIpc) is 3.38. The van der Waals surface area contributed by atoms with Crippen molar-refractivity contribution in [3.63, 3.8) is 0 Å². The Hall–Kier alpha value is -2.76. The van der Waals surface area contributed by atoms with Crippen molar-refractivity contribution in [2.45, 2.75) is 38.8 Å². The van der Waals surface area contributed by atoms with Crippen LogP contribution in [0.15, 0.2) is 58.1 Å². The Morgan fingerprint density at radius 1 is 1.26 bits per heavy atom. The van der Waals surface area contributed by atoms with E-state index in [1.807, 2.05) is 42.2 Å². The normalized spacial score (nSPS) is 17.1. The molecule has 0 aliphatic carbocycles. The van der Waals surface area contributed by atoms with E-state index in [0.717, 1.165) is 44.2 Å². The number of hydrogen-bond acceptors (Lipinski definition) is 3. The SMILES string of the molecule is CCC(=O)N1CCC(NC(=NCc2ccccc2)NCCc2ccco2)C1. The molecule has 6 heteroatoms. The summed E-state index contributed by atoms with van der Waals surface area (Å²) in [5, 5.41) is 6.88. The second-order valence-electron chi connectivity index (χ2n) is 6.73. The largest absolute Gasteiger partial charge is 0.469 e. The molecular weight excluding hydrogens is 340 g/mol. The molecule has 0 radical (unpaired) electrons. The van der Waals surface area contributed by atoms with Gasteiger partial charge < -0.3 is 20.0 Å². The zero-order chi connectivity index (χ0) is 18.9. The third-order valence-corrected chi connectivity index (χ3v) is 4.69. The summed E-state index contributed by atoms with van der Waals surface area (Å²) >= 11 is 0.